The second kappa shape index (κ2) is 5.51. The monoisotopic (exact) mass is 223 g/mol. The second-order valence-electron chi connectivity index (χ2n) is 3.46. The highest BCUT2D eigenvalue weighted by Crippen LogP contribution is 2.28. The van der Waals surface area contributed by atoms with Crippen LogP contribution in [0.3, 0.4) is 0 Å². The minimum Gasteiger partial charge on any atom is -0.497 e. The summed E-state index contributed by atoms with van der Waals surface area (Å²) in [5, 5.41) is 0. The Morgan fingerprint density at radius 1 is 1.31 bits per heavy atom. The Morgan fingerprint density at radius 3 is 2.50 bits per heavy atom. The highest BCUT2D eigenvalue weighted by Gasteiger charge is 2.14. The number of Topliss-reactive ketones (excluding diaryl/α,β-unsaturated/α-hetero) is 1. The third kappa shape index (κ3) is 2.52. The zero-order valence-electron chi connectivity index (χ0n) is 9.87. The molecule has 1 aromatic rings. The molecule has 88 valence electrons. The molecule has 4 heteroatoms. The number of hydrogen-bond donors (Lipinski definition) is 1. The zero-order chi connectivity index (χ0) is 12.1. The molecule has 0 aliphatic heterocycles. The van der Waals surface area contributed by atoms with Gasteiger partial charge in [0, 0.05) is 23.6 Å². The standard InChI is InChI=1S/C12H17NO3/c1-8-10(11(14)4-5-13)6-9(15-2)7-12(8)16-3/h6-7H,4-5,13H2,1-3H3. The van der Waals surface area contributed by atoms with Crippen LogP contribution in [0.4, 0.5) is 0 Å². The summed E-state index contributed by atoms with van der Waals surface area (Å²) >= 11 is 0. The maximum atomic E-state index is 11.8. The zero-order valence-corrected chi connectivity index (χ0v) is 9.87. The van der Waals surface area contributed by atoms with E-state index in [4.69, 9.17) is 15.2 Å². The first-order valence-electron chi connectivity index (χ1n) is 5.10. The van der Waals surface area contributed by atoms with Crippen molar-refractivity contribution in [3.63, 3.8) is 0 Å². The van der Waals surface area contributed by atoms with Gasteiger partial charge in [0.05, 0.1) is 14.2 Å². The summed E-state index contributed by atoms with van der Waals surface area (Å²) in [5.74, 6) is 1.28. The van der Waals surface area contributed by atoms with Crippen LogP contribution in [0.5, 0.6) is 11.5 Å². The first-order valence-corrected chi connectivity index (χ1v) is 5.10. The molecule has 0 amide bonds. The van der Waals surface area contributed by atoms with Crippen LogP contribution >= 0.6 is 0 Å². The predicted octanol–water partition coefficient (Wildman–Crippen LogP) is 1.54. The second-order valence-corrected chi connectivity index (χ2v) is 3.46. The van der Waals surface area contributed by atoms with E-state index >= 15 is 0 Å². The molecule has 0 saturated heterocycles. The molecule has 0 aromatic heterocycles. The van der Waals surface area contributed by atoms with Crippen LogP contribution in [0, 0.1) is 6.92 Å². The van der Waals surface area contributed by atoms with Crippen molar-refractivity contribution in [2.24, 2.45) is 5.73 Å². The number of hydrogen-bond acceptors (Lipinski definition) is 4. The normalized spacial score (nSPS) is 10.0. The molecule has 0 saturated carbocycles. The highest BCUT2D eigenvalue weighted by molar-refractivity contribution is 5.98. The summed E-state index contributed by atoms with van der Waals surface area (Å²) in [5.41, 5.74) is 6.81. The molecule has 1 aromatic carbocycles. The van der Waals surface area contributed by atoms with Crippen molar-refractivity contribution in [3.8, 4) is 11.5 Å². The van der Waals surface area contributed by atoms with E-state index < -0.39 is 0 Å². The van der Waals surface area contributed by atoms with Gasteiger partial charge in [-0.25, -0.2) is 0 Å². The van der Waals surface area contributed by atoms with Crippen molar-refractivity contribution < 1.29 is 14.3 Å². The molecular weight excluding hydrogens is 206 g/mol. The van der Waals surface area contributed by atoms with Crippen molar-refractivity contribution in [2.75, 3.05) is 20.8 Å². The van der Waals surface area contributed by atoms with E-state index in [9.17, 15) is 4.79 Å². The van der Waals surface area contributed by atoms with E-state index in [1.807, 2.05) is 6.92 Å². The molecule has 0 bridgehead atoms. The average molecular weight is 223 g/mol. The van der Waals surface area contributed by atoms with Crippen molar-refractivity contribution in [3.05, 3.63) is 23.3 Å². The van der Waals surface area contributed by atoms with Gasteiger partial charge in [0.15, 0.2) is 5.78 Å². The Kier molecular flexibility index (Phi) is 4.31. The van der Waals surface area contributed by atoms with Crippen molar-refractivity contribution in [2.45, 2.75) is 13.3 Å². The molecule has 0 spiro atoms. The molecule has 0 aliphatic rings. The summed E-state index contributed by atoms with van der Waals surface area (Å²) in [6, 6.07) is 3.48. The van der Waals surface area contributed by atoms with Gasteiger partial charge < -0.3 is 15.2 Å². The molecular formula is C12H17NO3. The van der Waals surface area contributed by atoms with Gasteiger partial charge in [-0.3, -0.25) is 4.79 Å². The number of ketones is 1. The highest BCUT2D eigenvalue weighted by atomic mass is 16.5. The first kappa shape index (κ1) is 12.5. The molecule has 0 radical (unpaired) electrons. The molecule has 1 rings (SSSR count). The van der Waals surface area contributed by atoms with Crippen molar-refractivity contribution in [1.82, 2.24) is 0 Å². The number of carbonyl (C=O) groups excluding carboxylic acids is 1. The fraction of sp³-hybridized carbons (Fsp3) is 0.417. The number of methoxy groups -OCH3 is 2. The number of nitrogens with two attached hydrogens (primary N) is 1. The maximum absolute atomic E-state index is 11.8. The van der Waals surface area contributed by atoms with E-state index in [-0.39, 0.29) is 5.78 Å². The minimum absolute atomic E-state index is 0.0113. The topological polar surface area (TPSA) is 61.5 Å². The maximum Gasteiger partial charge on any atom is 0.164 e. The first-order chi connectivity index (χ1) is 7.63. The number of ether oxygens (including phenoxy) is 2. The smallest absolute Gasteiger partial charge is 0.164 e. The lowest BCUT2D eigenvalue weighted by Gasteiger charge is -2.12. The number of carbonyl (C=O) groups is 1. The lowest BCUT2D eigenvalue weighted by atomic mass is 10.0. The Hall–Kier alpha value is -1.55. The molecule has 0 fully saturated rings. The van der Waals surface area contributed by atoms with Gasteiger partial charge in [-0.15, -0.1) is 0 Å². The van der Waals surface area contributed by atoms with E-state index in [1.165, 1.54) is 0 Å². The fourth-order valence-electron chi connectivity index (χ4n) is 1.55. The Labute approximate surface area is 95.3 Å². The molecule has 16 heavy (non-hydrogen) atoms. The Bertz CT molecular complexity index is 388. The lowest BCUT2D eigenvalue weighted by molar-refractivity contribution is 0.0984. The van der Waals surface area contributed by atoms with Crippen LogP contribution in [-0.2, 0) is 0 Å². The third-order valence-corrected chi connectivity index (χ3v) is 2.46. The largest absolute Gasteiger partial charge is 0.497 e. The summed E-state index contributed by atoms with van der Waals surface area (Å²) in [6.07, 6.45) is 0.331. The summed E-state index contributed by atoms with van der Waals surface area (Å²) < 4.78 is 10.3. The van der Waals surface area contributed by atoms with Crippen LogP contribution in [0.2, 0.25) is 0 Å². The van der Waals surface area contributed by atoms with E-state index in [1.54, 1.807) is 26.4 Å². The van der Waals surface area contributed by atoms with Gasteiger partial charge in [-0.2, -0.15) is 0 Å². The van der Waals surface area contributed by atoms with Crippen LogP contribution in [0.1, 0.15) is 22.3 Å². The van der Waals surface area contributed by atoms with Crippen LogP contribution < -0.4 is 15.2 Å². The van der Waals surface area contributed by atoms with Gasteiger partial charge in [0.25, 0.3) is 0 Å². The van der Waals surface area contributed by atoms with Crippen molar-refractivity contribution >= 4 is 5.78 Å². The molecule has 0 unspecified atom stereocenters. The van der Waals surface area contributed by atoms with E-state index in [0.29, 0.717) is 30.0 Å². The number of rotatable bonds is 5. The Morgan fingerprint density at radius 2 is 2.00 bits per heavy atom. The molecule has 2 N–H and O–H groups in total. The van der Waals surface area contributed by atoms with E-state index in [0.717, 1.165) is 5.56 Å². The van der Waals surface area contributed by atoms with Crippen molar-refractivity contribution in [1.29, 1.82) is 0 Å². The van der Waals surface area contributed by atoms with Gasteiger partial charge >= 0.3 is 0 Å². The number of benzene rings is 1. The van der Waals surface area contributed by atoms with Gasteiger partial charge in [-0.05, 0) is 19.5 Å². The minimum atomic E-state index is 0.0113. The Balaban J connectivity index is 3.20. The van der Waals surface area contributed by atoms with Crippen LogP contribution in [0.25, 0.3) is 0 Å². The van der Waals surface area contributed by atoms with E-state index in [2.05, 4.69) is 0 Å². The summed E-state index contributed by atoms with van der Waals surface area (Å²) in [4.78, 5) is 11.8. The lowest BCUT2D eigenvalue weighted by Crippen LogP contribution is -2.10. The fourth-order valence-corrected chi connectivity index (χ4v) is 1.55. The third-order valence-electron chi connectivity index (χ3n) is 2.46. The summed E-state index contributed by atoms with van der Waals surface area (Å²) in [6.45, 7) is 2.19. The van der Waals surface area contributed by atoms with Crippen LogP contribution in [0.15, 0.2) is 12.1 Å². The van der Waals surface area contributed by atoms with Gasteiger partial charge in [-0.1, -0.05) is 0 Å². The SMILES string of the molecule is COc1cc(OC)c(C)c(C(=O)CCN)c1. The molecule has 0 heterocycles. The van der Waals surface area contributed by atoms with Crippen LogP contribution in [-0.4, -0.2) is 26.5 Å². The quantitative estimate of drug-likeness (QED) is 0.769. The van der Waals surface area contributed by atoms with Gasteiger partial charge in [0.2, 0.25) is 0 Å². The average Bonchev–Trinajstić information content (AvgIpc) is 2.29. The molecule has 0 atom stereocenters. The van der Waals surface area contributed by atoms with Gasteiger partial charge in [0.1, 0.15) is 11.5 Å². The molecule has 0 aliphatic carbocycles. The predicted molar refractivity (Wildman–Crippen MR) is 62.3 cm³/mol. The molecule has 4 nitrogen and oxygen atoms in total. The summed E-state index contributed by atoms with van der Waals surface area (Å²) in [7, 11) is 3.13.